The van der Waals surface area contributed by atoms with Gasteiger partial charge >= 0.3 is 0 Å². The number of anilines is 1. The molecule has 5 heteroatoms. The van der Waals surface area contributed by atoms with E-state index in [9.17, 15) is 4.79 Å². The molecule has 16 heavy (non-hydrogen) atoms. The standard InChI is InChI=1S/C11H16ClN3O/c1-3-9-7(2)11(14-13-9)15-6-8(5-12)4-10(15)16/h8H,3-6H2,1-2H3,(H,13,14). The molecule has 0 radical (unpaired) electrons. The van der Waals surface area contributed by atoms with Gasteiger partial charge in [-0.05, 0) is 19.3 Å². The van der Waals surface area contributed by atoms with Crippen molar-refractivity contribution in [2.75, 3.05) is 17.3 Å². The zero-order valence-electron chi connectivity index (χ0n) is 9.59. The number of rotatable bonds is 3. The molecule has 1 amide bonds. The van der Waals surface area contributed by atoms with Gasteiger partial charge in [0.05, 0.1) is 0 Å². The van der Waals surface area contributed by atoms with Gasteiger partial charge in [0.25, 0.3) is 0 Å². The monoisotopic (exact) mass is 241 g/mol. The van der Waals surface area contributed by atoms with Crippen LogP contribution in [0.25, 0.3) is 0 Å². The molecule has 1 aliphatic heterocycles. The first-order valence-electron chi connectivity index (χ1n) is 5.57. The second kappa shape index (κ2) is 4.45. The van der Waals surface area contributed by atoms with Gasteiger partial charge in [-0.25, -0.2) is 0 Å². The Kier molecular flexibility index (Phi) is 3.19. The topological polar surface area (TPSA) is 49.0 Å². The fourth-order valence-corrected chi connectivity index (χ4v) is 2.33. The van der Waals surface area contributed by atoms with Crippen molar-refractivity contribution in [2.24, 2.45) is 5.92 Å². The Morgan fingerprint density at radius 3 is 2.88 bits per heavy atom. The highest BCUT2D eigenvalue weighted by molar-refractivity contribution is 6.18. The zero-order valence-corrected chi connectivity index (χ0v) is 10.3. The highest BCUT2D eigenvalue weighted by Crippen LogP contribution is 2.27. The molecule has 1 aliphatic rings. The van der Waals surface area contributed by atoms with Gasteiger partial charge in [-0.3, -0.25) is 14.8 Å². The van der Waals surface area contributed by atoms with Crippen molar-refractivity contribution in [3.8, 4) is 0 Å². The van der Waals surface area contributed by atoms with Crippen LogP contribution >= 0.6 is 11.6 Å². The summed E-state index contributed by atoms with van der Waals surface area (Å²) < 4.78 is 0. The number of alkyl halides is 1. The van der Waals surface area contributed by atoms with Crippen molar-refractivity contribution in [2.45, 2.75) is 26.7 Å². The molecule has 1 unspecified atom stereocenters. The van der Waals surface area contributed by atoms with Gasteiger partial charge < -0.3 is 0 Å². The lowest BCUT2D eigenvalue weighted by atomic mass is 10.1. The molecule has 1 aromatic rings. The van der Waals surface area contributed by atoms with E-state index in [2.05, 4.69) is 17.1 Å². The molecule has 1 fully saturated rings. The van der Waals surface area contributed by atoms with Gasteiger partial charge in [-0.15, -0.1) is 11.6 Å². The van der Waals surface area contributed by atoms with Crippen LogP contribution in [-0.2, 0) is 11.2 Å². The van der Waals surface area contributed by atoms with E-state index < -0.39 is 0 Å². The van der Waals surface area contributed by atoms with Gasteiger partial charge in [0.1, 0.15) is 0 Å². The summed E-state index contributed by atoms with van der Waals surface area (Å²) in [5.41, 5.74) is 2.17. The molecule has 0 bridgehead atoms. The summed E-state index contributed by atoms with van der Waals surface area (Å²) in [5, 5.41) is 7.20. The average molecular weight is 242 g/mol. The molecule has 1 atom stereocenters. The zero-order chi connectivity index (χ0) is 11.7. The molecule has 1 aromatic heterocycles. The SMILES string of the molecule is CCc1[nH]nc(N2CC(CCl)CC2=O)c1C. The van der Waals surface area contributed by atoms with Gasteiger partial charge in [-0.2, -0.15) is 5.10 Å². The van der Waals surface area contributed by atoms with Crippen LogP contribution < -0.4 is 4.90 Å². The first-order chi connectivity index (χ1) is 7.67. The van der Waals surface area contributed by atoms with E-state index in [1.807, 2.05) is 6.92 Å². The van der Waals surface area contributed by atoms with E-state index in [0.29, 0.717) is 18.8 Å². The Morgan fingerprint density at radius 1 is 1.62 bits per heavy atom. The number of nitrogens with zero attached hydrogens (tertiary/aromatic N) is 2. The number of hydrogen-bond donors (Lipinski definition) is 1. The maximum atomic E-state index is 11.8. The predicted octanol–water partition coefficient (Wildman–Crippen LogP) is 1.87. The van der Waals surface area contributed by atoms with Crippen LogP contribution in [0.4, 0.5) is 5.82 Å². The van der Waals surface area contributed by atoms with E-state index >= 15 is 0 Å². The molecule has 0 spiro atoms. The van der Waals surface area contributed by atoms with Crippen molar-refractivity contribution in [1.29, 1.82) is 0 Å². The Morgan fingerprint density at radius 2 is 2.38 bits per heavy atom. The van der Waals surface area contributed by atoms with Crippen molar-refractivity contribution in [1.82, 2.24) is 10.2 Å². The van der Waals surface area contributed by atoms with E-state index in [1.165, 1.54) is 0 Å². The number of halogens is 1. The minimum absolute atomic E-state index is 0.128. The minimum atomic E-state index is 0.128. The van der Waals surface area contributed by atoms with E-state index in [-0.39, 0.29) is 11.8 Å². The van der Waals surface area contributed by atoms with Crippen LogP contribution in [0.15, 0.2) is 0 Å². The normalized spacial score (nSPS) is 20.8. The van der Waals surface area contributed by atoms with Crippen LogP contribution in [0.5, 0.6) is 0 Å². The van der Waals surface area contributed by atoms with Gasteiger partial charge in [0, 0.05) is 30.1 Å². The van der Waals surface area contributed by atoms with Crippen LogP contribution in [0.2, 0.25) is 0 Å². The Balaban J connectivity index is 2.24. The van der Waals surface area contributed by atoms with Crippen molar-refractivity contribution < 1.29 is 4.79 Å². The third-order valence-corrected chi connectivity index (χ3v) is 3.55. The van der Waals surface area contributed by atoms with Gasteiger partial charge in [-0.1, -0.05) is 6.92 Å². The highest BCUT2D eigenvalue weighted by Gasteiger charge is 2.32. The summed E-state index contributed by atoms with van der Waals surface area (Å²) in [6.45, 7) is 4.76. The fourth-order valence-electron chi connectivity index (χ4n) is 2.12. The molecule has 2 rings (SSSR count). The molecule has 2 heterocycles. The van der Waals surface area contributed by atoms with Gasteiger partial charge in [0.15, 0.2) is 5.82 Å². The maximum Gasteiger partial charge on any atom is 0.228 e. The Labute approximate surface area is 100.0 Å². The number of carbonyl (C=O) groups excluding carboxylic acids is 1. The van der Waals surface area contributed by atoms with Crippen molar-refractivity contribution >= 4 is 23.3 Å². The lowest BCUT2D eigenvalue weighted by Crippen LogP contribution is -2.25. The second-order valence-electron chi connectivity index (χ2n) is 4.23. The molecule has 4 nitrogen and oxygen atoms in total. The summed E-state index contributed by atoms with van der Waals surface area (Å²) in [6, 6.07) is 0. The maximum absolute atomic E-state index is 11.8. The predicted molar refractivity (Wildman–Crippen MR) is 63.9 cm³/mol. The summed E-state index contributed by atoms with van der Waals surface area (Å²) in [6.07, 6.45) is 1.44. The minimum Gasteiger partial charge on any atom is -0.295 e. The second-order valence-corrected chi connectivity index (χ2v) is 4.54. The molecule has 88 valence electrons. The number of nitrogens with one attached hydrogen (secondary N) is 1. The van der Waals surface area contributed by atoms with Crippen LogP contribution in [0, 0.1) is 12.8 Å². The number of aromatic nitrogens is 2. The molecule has 1 saturated heterocycles. The fraction of sp³-hybridized carbons (Fsp3) is 0.636. The Hall–Kier alpha value is -1.03. The number of aryl methyl sites for hydroxylation is 1. The van der Waals surface area contributed by atoms with E-state index in [1.54, 1.807) is 4.90 Å². The van der Waals surface area contributed by atoms with Gasteiger partial charge in [0.2, 0.25) is 5.91 Å². The van der Waals surface area contributed by atoms with Crippen LogP contribution in [0.1, 0.15) is 24.6 Å². The number of aromatic amines is 1. The first-order valence-corrected chi connectivity index (χ1v) is 6.11. The van der Waals surface area contributed by atoms with Crippen LogP contribution in [-0.4, -0.2) is 28.5 Å². The molecule has 0 aliphatic carbocycles. The molecule has 1 N–H and O–H groups in total. The number of hydrogen-bond acceptors (Lipinski definition) is 2. The summed E-state index contributed by atoms with van der Waals surface area (Å²) in [4.78, 5) is 13.6. The first kappa shape index (κ1) is 11.5. The van der Waals surface area contributed by atoms with Crippen molar-refractivity contribution in [3.05, 3.63) is 11.3 Å². The summed E-state index contributed by atoms with van der Waals surface area (Å²) in [7, 11) is 0. The number of carbonyl (C=O) groups is 1. The molecule has 0 saturated carbocycles. The van der Waals surface area contributed by atoms with Crippen molar-refractivity contribution in [3.63, 3.8) is 0 Å². The lowest BCUT2D eigenvalue weighted by Gasteiger charge is -2.14. The molecular formula is C11H16ClN3O. The molecule has 0 aromatic carbocycles. The van der Waals surface area contributed by atoms with Crippen LogP contribution in [0.3, 0.4) is 0 Å². The lowest BCUT2D eigenvalue weighted by molar-refractivity contribution is -0.117. The largest absolute Gasteiger partial charge is 0.295 e. The third kappa shape index (κ3) is 1.82. The number of amides is 1. The highest BCUT2D eigenvalue weighted by atomic mass is 35.5. The summed E-state index contributed by atoms with van der Waals surface area (Å²) in [5.74, 6) is 1.69. The van der Waals surface area contributed by atoms with E-state index in [0.717, 1.165) is 23.5 Å². The third-order valence-electron chi connectivity index (χ3n) is 3.12. The average Bonchev–Trinajstić information content (AvgIpc) is 2.81. The summed E-state index contributed by atoms with van der Waals surface area (Å²) >= 11 is 5.79. The Bertz CT molecular complexity index is 402. The molecular weight excluding hydrogens is 226 g/mol. The number of H-pyrrole nitrogens is 1. The smallest absolute Gasteiger partial charge is 0.228 e. The van der Waals surface area contributed by atoms with E-state index in [4.69, 9.17) is 11.6 Å². The quantitative estimate of drug-likeness (QED) is 0.822.